The van der Waals surface area contributed by atoms with Gasteiger partial charge in [0.1, 0.15) is 5.75 Å². The molecule has 4 N–H and O–H groups in total. The molecule has 1 aliphatic heterocycles. The molecule has 41 heavy (non-hydrogen) atoms. The van der Waals surface area contributed by atoms with Crippen LogP contribution in [0.4, 0.5) is 0 Å². The van der Waals surface area contributed by atoms with Gasteiger partial charge < -0.3 is 14.6 Å². The van der Waals surface area contributed by atoms with Crippen LogP contribution in [0.1, 0.15) is 26.3 Å². The number of carbonyl (C=O) groups excluding carboxylic acids is 1. The van der Waals surface area contributed by atoms with Crippen LogP contribution in [0.5, 0.6) is 5.75 Å². The van der Waals surface area contributed by atoms with Gasteiger partial charge in [-0.1, -0.05) is 45.6 Å². The van der Waals surface area contributed by atoms with Crippen LogP contribution in [0, 0.1) is 5.41 Å². The third-order valence-electron chi connectivity index (χ3n) is 5.75. The normalized spacial score (nSPS) is 13.7. The summed E-state index contributed by atoms with van der Waals surface area (Å²) in [5.74, 6) is -3.80. The first-order valence-corrected chi connectivity index (χ1v) is 14.4. The Morgan fingerprint density at radius 1 is 0.951 bits per heavy atom. The minimum absolute atomic E-state index is 0.251. The number of carboxylic acid groups (broad SMARTS) is 1. The Balaban J connectivity index is 2.73. The van der Waals surface area contributed by atoms with Gasteiger partial charge in [-0.05, 0) is 42.0 Å². The molecular formula is C27H24O12S2. The highest BCUT2D eigenvalue weighted by Gasteiger charge is 2.33. The lowest BCUT2D eigenvalue weighted by atomic mass is 9.88. The molecule has 0 saturated carbocycles. The molecule has 1 aromatic carbocycles. The van der Waals surface area contributed by atoms with Gasteiger partial charge in [0.05, 0.1) is 5.57 Å². The monoisotopic (exact) mass is 604 g/mol. The third kappa shape index (κ3) is 6.20. The fraction of sp³-hybridized carbons (Fsp3) is 0.148. The van der Waals surface area contributed by atoms with Crippen molar-refractivity contribution in [3.05, 3.63) is 82.6 Å². The van der Waals surface area contributed by atoms with E-state index in [1.807, 2.05) is 0 Å². The van der Waals surface area contributed by atoms with Crippen LogP contribution in [-0.4, -0.2) is 47.9 Å². The van der Waals surface area contributed by atoms with E-state index in [0.717, 1.165) is 42.5 Å². The minimum Gasteiger partial charge on any atom is -0.506 e. The molecule has 0 bridgehead atoms. The predicted molar refractivity (Wildman–Crippen MR) is 148 cm³/mol. The molecule has 0 aromatic heterocycles. The summed E-state index contributed by atoms with van der Waals surface area (Å²) >= 11 is 0. The number of allylic oxidation sites excluding steroid dienone is 5. The lowest BCUT2D eigenvalue weighted by Gasteiger charge is -2.20. The SMILES string of the molecule is C=C\C=C(C(=O)O)/C(=C\C=C\C(=O)C(C)(C)C)c1c2ccc(=O)c(S(=O)(=O)O)c-2oc2c(S(=O)(=O)O)c(O)ccc12. The van der Waals surface area contributed by atoms with Gasteiger partial charge in [0.25, 0.3) is 0 Å². The molecule has 0 saturated heterocycles. The number of aromatic hydroxyl groups is 1. The maximum atomic E-state index is 12.5. The molecule has 2 aliphatic rings. The maximum absolute atomic E-state index is 12.5. The van der Waals surface area contributed by atoms with Gasteiger partial charge in [0.15, 0.2) is 26.9 Å². The van der Waals surface area contributed by atoms with Gasteiger partial charge >= 0.3 is 26.2 Å². The van der Waals surface area contributed by atoms with Gasteiger partial charge in [-0.15, -0.1) is 0 Å². The van der Waals surface area contributed by atoms with E-state index >= 15 is 0 Å². The first-order valence-electron chi connectivity index (χ1n) is 11.5. The van der Waals surface area contributed by atoms with Crippen molar-refractivity contribution in [1.82, 2.24) is 0 Å². The van der Waals surface area contributed by atoms with Crippen LogP contribution in [0.25, 0.3) is 27.9 Å². The maximum Gasteiger partial charge on any atom is 0.336 e. The van der Waals surface area contributed by atoms with Crippen molar-refractivity contribution in [3.8, 4) is 17.1 Å². The van der Waals surface area contributed by atoms with Crippen molar-refractivity contribution in [3.63, 3.8) is 0 Å². The summed E-state index contributed by atoms with van der Waals surface area (Å²) in [4.78, 5) is 34.8. The number of rotatable bonds is 8. The topological polar surface area (TPSA) is 214 Å². The number of phenolic OH excluding ortho intramolecular Hbond substituents is 1. The second-order valence-corrected chi connectivity index (χ2v) is 12.4. The average molecular weight is 605 g/mol. The molecule has 0 spiro atoms. The van der Waals surface area contributed by atoms with Crippen LogP contribution in [0.2, 0.25) is 0 Å². The fourth-order valence-electron chi connectivity index (χ4n) is 3.91. The smallest absolute Gasteiger partial charge is 0.336 e. The number of carboxylic acids is 1. The lowest BCUT2D eigenvalue weighted by molar-refractivity contribution is -0.132. The Kier molecular flexibility index (Phi) is 8.28. The molecular weight excluding hydrogens is 580 g/mol. The van der Waals surface area contributed by atoms with Crippen LogP contribution in [-0.2, 0) is 29.8 Å². The summed E-state index contributed by atoms with van der Waals surface area (Å²) in [6, 6.07) is 3.77. The molecule has 12 nitrogen and oxygen atoms in total. The Morgan fingerprint density at radius 2 is 1.56 bits per heavy atom. The molecule has 14 heteroatoms. The van der Waals surface area contributed by atoms with Crippen LogP contribution in [0.15, 0.2) is 85.8 Å². The first kappa shape index (κ1) is 31.2. The van der Waals surface area contributed by atoms with E-state index in [0.29, 0.717) is 0 Å². The molecule has 0 fully saturated rings. The quantitative estimate of drug-likeness (QED) is 0.125. The highest BCUT2D eigenvalue weighted by Crippen LogP contribution is 2.45. The van der Waals surface area contributed by atoms with E-state index in [2.05, 4.69) is 6.58 Å². The third-order valence-corrected chi connectivity index (χ3v) is 7.56. The molecule has 0 amide bonds. The molecule has 1 aromatic rings. The molecule has 1 aliphatic carbocycles. The van der Waals surface area contributed by atoms with Gasteiger partial charge in [0, 0.05) is 21.9 Å². The van der Waals surface area contributed by atoms with Crippen molar-refractivity contribution in [2.75, 3.05) is 0 Å². The summed E-state index contributed by atoms with van der Waals surface area (Å²) < 4.78 is 74.1. The standard InChI is InChI=1S/C27H24O12S2/c1-5-7-15(26(31)32)14(8-6-9-20(30)27(2,3)4)21-16-10-12-18(28)24(40(33,34)35)22(16)39-23-17(21)11-13-19(29)25(23)41(36,37)38/h5-13,28H,1H2,2-4H3,(H,31,32)(H,33,34,35)(H,36,37,38)/b9-6+,14-8+,15-7+. The summed E-state index contributed by atoms with van der Waals surface area (Å²) in [6.45, 7) is 8.42. The number of aliphatic carboxylic acids is 1. The highest BCUT2D eigenvalue weighted by molar-refractivity contribution is 7.86. The zero-order valence-electron chi connectivity index (χ0n) is 21.8. The van der Waals surface area contributed by atoms with Crippen molar-refractivity contribution >= 4 is 48.5 Å². The number of hydrogen-bond acceptors (Lipinski definition) is 9. The average Bonchev–Trinajstić information content (AvgIpc) is 2.81. The van der Waals surface area contributed by atoms with Crippen LogP contribution >= 0.6 is 0 Å². The van der Waals surface area contributed by atoms with E-state index < -0.39 is 69.5 Å². The largest absolute Gasteiger partial charge is 0.506 e. The van der Waals surface area contributed by atoms with E-state index in [-0.39, 0.29) is 27.9 Å². The molecule has 0 atom stereocenters. The Morgan fingerprint density at radius 3 is 2.07 bits per heavy atom. The fourth-order valence-corrected chi connectivity index (χ4v) is 5.33. The molecule has 0 radical (unpaired) electrons. The zero-order chi connectivity index (χ0) is 31.1. The van der Waals surface area contributed by atoms with E-state index in [9.17, 15) is 50.5 Å². The number of ketones is 1. The number of fused-ring (bicyclic) bond motifs is 2. The molecule has 0 unspecified atom stereocenters. The Bertz CT molecular complexity index is 1950. The Hall–Kier alpha value is -4.37. The zero-order valence-corrected chi connectivity index (χ0v) is 23.4. The summed E-state index contributed by atoms with van der Waals surface area (Å²) in [5.41, 5.74) is -4.21. The second-order valence-electron chi connectivity index (χ2n) is 9.66. The van der Waals surface area contributed by atoms with E-state index in [1.165, 1.54) is 12.2 Å². The van der Waals surface area contributed by atoms with Gasteiger partial charge in [-0.3, -0.25) is 18.7 Å². The first-order chi connectivity index (χ1) is 18.8. The summed E-state index contributed by atoms with van der Waals surface area (Å²) in [7, 11) is -10.6. The van der Waals surface area contributed by atoms with Crippen molar-refractivity contribution in [2.24, 2.45) is 5.41 Å². The molecule has 1 heterocycles. The highest BCUT2D eigenvalue weighted by atomic mass is 32.2. The Labute approximate surface area is 234 Å². The van der Waals surface area contributed by atoms with Gasteiger partial charge in [-0.25, -0.2) is 4.79 Å². The second kappa shape index (κ2) is 10.9. The van der Waals surface area contributed by atoms with Gasteiger partial charge in [0.2, 0.25) is 5.43 Å². The number of phenols is 1. The molecule has 216 valence electrons. The number of carbonyl (C=O) groups is 2. The van der Waals surface area contributed by atoms with Gasteiger partial charge in [-0.2, -0.15) is 16.8 Å². The lowest BCUT2D eigenvalue weighted by Crippen LogP contribution is -2.17. The van der Waals surface area contributed by atoms with E-state index in [4.69, 9.17) is 4.42 Å². The van der Waals surface area contributed by atoms with Crippen molar-refractivity contribution in [1.29, 1.82) is 0 Å². The van der Waals surface area contributed by atoms with E-state index in [1.54, 1.807) is 20.8 Å². The number of hydrogen-bond donors (Lipinski definition) is 4. The number of benzene rings is 2. The van der Waals surface area contributed by atoms with Crippen LogP contribution in [0.3, 0.4) is 0 Å². The minimum atomic E-state index is -5.33. The van der Waals surface area contributed by atoms with Crippen LogP contribution < -0.4 is 5.43 Å². The predicted octanol–water partition coefficient (Wildman–Crippen LogP) is 3.85. The van der Waals surface area contributed by atoms with Crippen molar-refractivity contribution < 1.29 is 50.2 Å². The van der Waals surface area contributed by atoms with Crippen molar-refractivity contribution in [2.45, 2.75) is 30.6 Å². The summed E-state index contributed by atoms with van der Waals surface area (Å²) in [5, 5.41) is 20.1. The summed E-state index contributed by atoms with van der Waals surface area (Å²) in [6.07, 6.45) is 5.71. The molecule has 3 rings (SSSR count).